The Balaban J connectivity index is 2.15. The lowest BCUT2D eigenvalue weighted by molar-refractivity contribution is 1.23. The molecule has 0 unspecified atom stereocenters. The highest BCUT2D eigenvalue weighted by molar-refractivity contribution is 6.30. The Morgan fingerprint density at radius 1 is 0.562 bits per heavy atom. The average Bonchev–Trinajstić information content (AvgIpc) is 2.30. The molecule has 2 aromatic carbocycles. The van der Waals surface area contributed by atoms with Gasteiger partial charge in [-0.2, -0.15) is 10.2 Å². The zero-order valence-electron chi connectivity index (χ0n) is 8.27. The lowest BCUT2D eigenvalue weighted by atomic mass is 10.5. The van der Waals surface area contributed by atoms with Crippen molar-refractivity contribution in [3.8, 4) is 0 Å². The molecule has 0 aliphatic carbocycles. The van der Waals surface area contributed by atoms with Gasteiger partial charge in [-0.25, -0.2) is 0 Å². The van der Waals surface area contributed by atoms with E-state index in [1.807, 2.05) is 24.3 Å². The monoisotopic (exact) mass is 254 g/mol. The maximum atomic E-state index is 5.76. The van der Waals surface area contributed by atoms with Crippen molar-refractivity contribution < 1.29 is 0 Å². The van der Waals surface area contributed by atoms with E-state index in [1.54, 1.807) is 24.3 Å². The Hall–Kier alpha value is -1.38. The maximum Gasteiger partial charge on any atom is 0.0858 e. The van der Waals surface area contributed by atoms with Gasteiger partial charge in [0.2, 0.25) is 0 Å². The minimum absolute atomic E-state index is 0.686. The van der Waals surface area contributed by atoms with Gasteiger partial charge in [-0.05, 0) is 48.5 Å². The summed E-state index contributed by atoms with van der Waals surface area (Å²) in [6, 6.07) is 14.3. The van der Waals surface area contributed by atoms with Crippen molar-refractivity contribution in [3.63, 3.8) is 0 Å². The molecular formula is C12H8Cl2N2. The summed E-state index contributed by atoms with van der Waals surface area (Å²) in [5.41, 5.74) is 1.53. The molecule has 2 rings (SSSR count). The molecule has 2 nitrogen and oxygen atoms in total. The highest BCUT2D eigenvalue weighted by Crippen LogP contribution is 2.21. The first-order chi connectivity index (χ1) is 7.74. The van der Waals surface area contributed by atoms with Crippen LogP contribution >= 0.6 is 23.2 Å². The van der Waals surface area contributed by atoms with Crippen LogP contribution in [0.15, 0.2) is 58.8 Å². The first-order valence-corrected chi connectivity index (χ1v) is 5.42. The smallest absolute Gasteiger partial charge is 0.0858 e. The van der Waals surface area contributed by atoms with E-state index in [0.29, 0.717) is 10.0 Å². The molecular weight excluding hydrogens is 247 g/mol. The van der Waals surface area contributed by atoms with Crippen LogP contribution in [0.4, 0.5) is 11.4 Å². The summed E-state index contributed by atoms with van der Waals surface area (Å²) in [4.78, 5) is 0. The lowest BCUT2D eigenvalue weighted by Gasteiger charge is -1.94. The van der Waals surface area contributed by atoms with E-state index in [0.717, 1.165) is 11.4 Å². The van der Waals surface area contributed by atoms with E-state index in [9.17, 15) is 0 Å². The van der Waals surface area contributed by atoms with Crippen molar-refractivity contribution >= 4 is 34.6 Å². The first-order valence-electron chi connectivity index (χ1n) is 4.67. The van der Waals surface area contributed by atoms with Gasteiger partial charge in [0.05, 0.1) is 11.4 Å². The summed E-state index contributed by atoms with van der Waals surface area (Å²) in [6.45, 7) is 0. The molecule has 0 aromatic heterocycles. The van der Waals surface area contributed by atoms with Crippen molar-refractivity contribution in [2.45, 2.75) is 0 Å². The third-order valence-corrected chi connectivity index (χ3v) is 2.44. The van der Waals surface area contributed by atoms with Gasteiger partial charge in [0.15, 0.2) is 0 Å². The van der Waals surface area contributed by atoms with Gasteiger partial charge in [0.25, 0.3) is 0 Å². The van der Waals surface area contributed by atoms with E-state index in [2.05, 4.69) is 10.2 Å². The van der Waals surface area contributed by atoms with Gasteiger partial charge in [0, 0.05) is 10.0 Å². The molecule has 0 bridgehead atoms. The molecule has 0 N–H and O–H groups in total. The fraction of sp³-hybridized carbons (Fsp3) is 0. The van der Waals surface area contributed by atoms with E-state index in [4.69, 9.17) is 23.2 Å². The summed E-state index contributed by atoms with van der Waals surface area (Å²) in [5, 5.41) is 9.51. The standard InChI is InChI=1S/C12H8Cl2N2/c13-9-1-5-11(6-2-9)15-16-12-7-3-10(14)4-8-12/h1-8H/i5+1,6+1,7+1,8+1. The van der Waals surface area contributed by atoms with E-state index < -0.39 is 0 Å². The van der Waals surface area contributed by atoms with Crippen LogP contribution in [-0.4, -0.2) is 0 Å². The predicted molar refractivity (Wildman–Crippen MR) is 67.1 cm³/mol. The van der Waals surface area contributed by atoms with Gasteiger partial charge in [0.1, 0.15) is 0 Å². The second kappa shape index (κ2) is 5.10. The number of azo groups is 1. The van der Waals surface area contributed by atoms with Gasteiger partial charge in [-0.3, -0.25) is 0 Å². The van der Waals surface area contributed by atoms with Crippen LogP contribution in [0.25, 0.3) is 0 Å². The molecule has 2 aromatic rings. The molecule has 4 heteroatoms. The van der Waals surface area contributed by atoms with Crippen LogP contribution in [0.1, 0.15) is 0 Å². The molecule has 0 amide bonds. The second-order valence-corrected chi connectivity index (χ2v) is 4.03. The Bertz CT molecular complexity index is 442. The number of hydrogen-bond acceptors (Lipinski definition) is 2. The molecule has 0 fully saturated rings. The summed E-state index contributed by atoms with van der Waals surface area (Å²) < 4.78 is 0. The molecule has 80 valence electrons. The van der Waals surface area contributed by atoms with E-state index in [1.165, 1.54) is 0 Å². The first kappa shape index (κ1) is 11.1. The number of rotatable bonds is 2. The zero-order chi connectivity index (χ0) is 11.4. The van der Waals surface area contributed by atoms with E-state index in [-0.39, 0.29) is 0 Å². The number of halogens is 2. The Morgan fingerprint density at radius 2 is 0.875 bits per heavy atom. The maximum absolute atomic E-state index is 5.76. The minimum atomic E-state index is 0.686. The molecule has 0 radical (unpaired) electrons. The van der Waals surface area contributed by atoms with Crippen LogP contribution in [0, 0.1) is 0 Å². The predicted octanol–water partition coefficient (Wildman–Crippen LogP) is 5.41. The van der Waals surface area contributed by atoms with Crippen molar-refractivity contribution in [3.05, 3.63) is 58.6 Å². The molecule has 0 spiro atoms. The van der Waals surface area contributed by atoms with Crippen LogP contribution in [0.5, 0.6) is 0 Å². The van der Waals surface area contributed by atoms with Crippen molar-refractivity contribution in [2.24, 2.45) is 10.2 Å². The van der Waals surface area contributed by atoms with Crippen molar-refractivity contribution in [1.29, 1.82) is 0 Å². The third-order valence-electron chi connectivity index (χ3n) is 1.93. The minimum Gasteiger partial charge on any atom is -0.151 e. The molecule has 0 aliphatic heterocycles. The zero-order valence-corrected chi connectivity index (χ0v) is 9.78. The fourth-order valence-corrected chi connectivity index (χ4v) is 1.38. The van der Waals surface area contributed by atoms with Gasteiger partial charge >= 0.3 is 0 Å². The molecule has 0 saturated heterocycles. The third kappa shape index (κ3) is 3.05. The molecule has 0 heterocycles. The summed E-state index contributed by atoms with van der Waals surface area (Å²) in [7, 11) is 0. The van der Waals surface area contributed by atoms with Gasteiger partial charge in [-0.1, -0.05) is 23.2 Å². The number of nitrogens with zero attached hydrogens (tertiary/aromatic N) is 2. The fourth-order valence-electron chi connectivity index (χ4n) is 1.13. The van der Waals surface area contributed by atoms with Gasteiger partial charge in [-0.15, -0.1) is 0 Å². The topological polar surface area (TPSA) is 24.7 Å². The molecule has 16 heavy (non-hydrogen) atoms. The number of hydrogen-bond donors (Lipinski definition) is 0. The lowest BCUT2D eigenvalue weighted by Crippen LogP contribution is -1.65. The highest BCUT2D eigenvalue weighted by Gasteiger charge is 1.91. The molecule has 0 saturated carbocycles. The molecule has 0 atom stereocenters. The second-order valence-electron chi connectivity index (χ2n) is 3.15. The van der Waals surface area contributed by atoms with Crippen LogP contribution in [0.2, 0.25) is 10.0 Å². The summed E-state index contributed by atoms with van der Waals surface area (Å²) in [5.74, 6) is 0. The normalized spacial score (nSPS) is 10.9. The van der Waals surface area contributed by atoms with Crippen molar-refractivity contribution in [1.82, 2.24) is 0 Å². The number of benzene rings is 2. The summed E-state index contributed by atoms with van der Waals surface area (Å²) >= 11 is 11.5. The van der Waals surface area contributed by atoms with Gasteiger partial charge < -0.3 is 0 Å². The Labute approximate surface area is 104 Å². The van der Waals surface area contributed by atoms with E-state index >= 15 is 0 Å². The van der Waals surface area contributed by atoms with Crippen molar-refractivity contribution in [2.75, 3.05) is 0 Å². The molecule has 0 aliphatic rings. The Kier molecular flexibility index (Phi) is 3.54. The van der Waals surface area contributed by atoms with Crippen LogP contribution in [0.3, 0.4) is 0 Å². The van der Waals surface area contributed by atoms with Crippen LogP contribution < -0.4 is 0 Å². The highest BCUT2D eigenvalue weighted by atomic mass is 35.5. The van der Waals surface area contributed by atoms with Crippen LogP contribution in [-0.2, 0) is 0 Å². The SMILES string of the molecule is Clc1c[13cH]c(N=Nc2[13cH]cc(Cl)c[13cH]2)[13cH]c1. The largest absolute Gasteiger partial charge is 0.151 e. The Morgan fingerprint density at radius 3 is 1.19 bits per heavy atom. The quantitative estimate of drug-likeness (QED) is 0.641. The average molecular weight is 255 g/mol. The summed E-state index contributed by atoms with van der Waals surface area (Å²) in [6.07, 6.45) is 0.